The molecule has 0 saturated carbocycles. The molecular formula is C31H22FN5O2S. The van der Waals surface area contributed by atoms with Crippen LogP contribution in [-0.2, 0) is 13.0 Å². The molecule has 0 radical (unpaired) electrons. The van der Waals surface area contributed by atoms with Gasteiger partial charge in [0, 0.05) is 22.7 Å². The second-order valence-corrected chi connectivity index (χ2v) is 10.3. The maximum Gasteiger partial charge on any atom is 0.226 e. The Hall–Kier alpha value is -4.63. The number of nitrogens with one attached hydrogen (secondary N) is 1. The number of carbonyl (C=O) groups excluding carboxylic acids is 1. The van der Waals surface area contributed by atoms with Crippen molar-refractivity contribution in [1.29, 1.82) is 0 Å². The number of hydrogen-bond donors (Lipinski definition) is 1. The maximum atomic E-state index is 15.1. The Morgan fingerprint density at radius 2 is 1.85 bits per heavy atom. The zero-order chi connectivity index (χ0) is 27.4. The van der Waals surface area contributed by atoms with E-state index in [1.54, 1.807) is 24.5 Å². The van der Waals surface area contributed by atoms with Crippen molar-refractivity contribution in [1.82, 2.24) is 25.1 Å². The first-order chi connectivity index (χ1) is 19.6. The van der Waals surface area contributed by atoms with Gasteiger partial charge < -0.3 is 4.74 Å². The molecule has 3 aromatic heterocycles. The number of ether oxygens (including phenoxy) is 1. The Bertz CT molecular complexity index is 1970. The van der Waals surface area contributed by atoms with E-state index >= 15 is 4.39 Å². The number of benzene rings is 3. The maximum absolute atomic E-state index is 15.1. The van der Waals surface area contributed by atoms with Crippen molar-refractivity contribution in [3.63, 3.8) is 0 Å². The van der Waals surface area contributed by atoms with Crippen LogP contribution in [0.25, 0.3) is 44.1 Å². The summed E-state index contributed by atoms with van der Waals surface area (Å²) < 4.78 is 21.3. The fourth-order valence-corrected chi connectivity index (χ4v) is 5.86. The third kappa shape index (κ3) is 3.69. The van der Waals surface area contributed by atoms with Crippen LogP contribution >= 0.6 is 11.8 Å². The molecule has 0 atom stereocenters. The predicted molar refractivity (Wildman–Crippen MR) is 153 cm³/mol. The van der Waals surface area contributed by atoms with E-state index in [1.165, 1.54) is 17.8 Å². The van der Waals surface area contributed by atoms with Crippen molar-refractivity contribution >= 4 is 39.2 Å². The highest BCUT2D eigenvalue weighted by molar-refractivity contribution is 7.98. The SMILES string of the molecule is CCc1c(F)ccc2cc3[nH]ncc3c(-c3nccc4c3C(=O)c3nc(SC)nc(OCc5ccccc5)c3-4)c12. The lowest BCUT2D eigenvalue weighted by Crippen LogP contribution is -2.06. The minimum atomic E-state index is -0.298. The van der Waals surface area contributed by atoms with Crippen molar-refractivity contribution in [2.75, 3.05) is 6.26 Å². The first kappa shape index (κ1) is 24.4. The van der Waals surface area contributed by atoms with Gasteiger partial charge in [-0.25, -0.2) is 9.37 Å². The van der Waals surface area contributed by atoms with Crippen LogP contribution in [0.3, 0.4) is 0 Å². The molecule has 9 heteroatoms. The summed E-state index contributed by atoms with van der Waals surface area (Å²) in [5.41, 5.74) is 5.30. The normalized spacial score (nSPS) is 12.2. The molecule has 0 unspecified atom stereocenters. The fourth-order valence-electron chi connectivity index (χ4n) is 5.50. The Morgan fingerprint density at radius 3 is 2.65 bits per heavy atom. The number of ketones is 1. The number of aryl methyl sites for hydroxylation is 1. The number of aromatic amines is 1. The number of nitrogens with zero attached hydrogens (tertiary/aromatic N) is 4. The summed E-state index contributed by atoms with van der Waals surface area (Å²) in [5.74, 6) is -0.221. The fraction of sp³-hybridized carbons (Fsp3) is 0.129. The molecule has 0 fully saturated rings. The van der Waals surface area contributed by atoms with Crippen molar-refractivity contribution in [2.45, 2.75) is 25.1 Å². The highest BCUT2D eigenvalue weighted by atomic mass is 32.2. The molecular weight excluding hydrogens is 525 g/mol. The minimum Gasteiger partial charge on any atom is -0.472 e. The van der Waals surface area contributed by atoms with Crippen molar-refractivity contribution < 1.29 is 13.9 Å². The van der Waals surface area contributed by atoms with E-state index in [0.29, 0.717) is 51.0 Å². The molecule has 0 saturated heterocycles. The third-order valence-electron chi connectivity index (χ3n) is 7.29. The molecule has 3 aromatic carbocycles. The van der Waals surface area contributed by atoms with Crippen LogP contribution in [0.15, 0.2) is 72.1 Å². The molecule has 7 nitrogen and oxygen atoms in total. The Morgan fingerprint density at radius 1 is 1.00 bits per heavy atom. The van der Waals surface area contributed by atoms with Gasteiger partial charge in [-0.2, -0.15) is 10.1 Å². The summed E-state index contributed by atoms with van der Waals surface area (Å²) in [7, 11) is 0. The molecule has 1 aliphatic rings. The lowest BCUT2D eigenvalue weighted by Gasteiger charge is -2.15. The predicted octanol–water partition coefficient (Wildman–Crippen LogP) is 6.78. The van der Waals surface area contributed by atoms with E-state index in [1.807, 2.05) is 49.6 Å². The molecule has 7 rings (SSSR count). The lowest BCUT2D eigenvalue weighted by molar-refractivity contribution is 0.103. The second kappa shape index (κ2) is 9.53. The van der Waals surface area contributed by atoms with E-state index in [9.17, 15) is 4.79 Å². The van der Waals surface area contributed by atoms with Gasteiger partial charge in [0.1, 0.15) is 18.1 Å². The van der Waals surface area contributed by atoms with E-state index < -0.39 is 0 Å². The van der Waals surface area contributed by atoms with Gasteiger partial charge in [-0.1, -0.05) is 55.1 Å². The van der Waals surface area contributed by atoms with E-state index in [0.717, 1.165) is 27.2 Å². The van der Waals surface area contributed by atoms with E-state index in [-0.39, 0.29) is 23.9 Å². The zero-order valence-electron chi connectivity index (χ0n) is 21.7. The smallest absolute Gasteiger partial charge is 0.226 e. The van der Waals surface area contributed by atoms with Gasteiger partial charge in [-0.3, -0.25) is 14.9 Å². The Balaban J connectivity index is 1.49. The van der Waals surface area contributed by atoms with Gasteiger partial charge in [0.05, 0.1) is 28.5 Å². The van der Waals surface area contributed by atoms with Gasteiger partial charge in [0.2, 0.25) is 11.7 Å². The van der Waals surface area contributed by atoms with Crippen LogP contribution in [0.1, 0.15) is 34.1 Å². The molecule has 1 N–H and O–H groups in total. The average Bonchev–Trinajstić information content (AvgIpc) is 3.57. The Kier molecular flexibility index (Phi) is 5.82. The molecule has 1 aliphatic carbocycles. The van der Waals surface area contributed by atoms with Crippen LogP contribution in [-0.4, -0.2) is 37.2 Å². The third-order valence-corrected chi connectivity index (χ3v) is 7.83. The molecule has 0 bridgehead atoms. The summed E-state index contributed by atoms with van der Waals surface area (Å²) in [6.45, 7) is 2.21. The van der Waals surface area contributed by atoms with Crippen molar-refractivity contribution in [3.05, 3.63) is 95.2 Å². The highest BCUT2D eigenvalue weighted by Crippen LogP contribution is 2.47. The molecule has 0 amide bonds. The van der Waals surface area contributed by atoms with Gasteiger partial charge in [-0.05, 0) is 52.8 Å². The first-order valence-electron chi connectivity index (χ1n) is 12.8. The Labute approximate surface area is 232 Å². The number of rotatable bonds is 6. The molecule has 40 heavy (non-hydrogen) atoms. The van der Waals surface area contributed by atoms with Crippen LogP contribution in [0.5, 0.6) is 5.88 Å². The summed E-state index contributed by atoms with van der Waals surface area (Å²) in [6, 6.07) is 16.7. The van der Waals surface area contributed by atoms with Crippen molar-refractivity contribution in [3.8, 4) is 28.3 Å². The van der Waals surface area contributed by atoms with Crippen LogP contribution in [0.4, 0.5) is 4.39 Å². The van der Waals surface area contributed by atoms with Gasteiger partial charge in [0.15, 0.2) is 5.16 Å². The van der Waals surface area contributed by atoms with Crippen LogP contribution < -0.4 is 4.74 Å². The van der Waals surface area contributed by atoms with Crippen LogP contribution in [0.2, 0.25) is 0 Å². The molecule has 196 valence electrons. The number of thioether (sulfide) groups is 1. The van der Waals surface area contributed by atoms with E-state index in [4.69, 9.17) is 9.72 Å². The average molecular weight is 548 g/mol. The van der Waals surface area contributed by atoms with Gasteiger partial charge >= 0.3 is 0 Å². The molecule has 6 aromatic rings. The monoisotopic (exact) mass is 547 g/mol. The zero-order valence-corrected chi connectivity index (χ0v) is 22.5. The quantitative estimate of drug-likeness (QED) is 0.181. The highest BCUT2D eigenvalue weighted by Gasteiger charge is 2.37. The summed E-state index contributed by atoms with van der Waals surface area (Å²) in [5, 5.41) is 10.0. The molecule has 3 heterocycles. The van der Waals surface area contributed by atoms with Crippen molar-refractivity contribution in [2.24, 2.45) is 0 Å². The number of halogens is 1. The number of hydrogen-bond acceptors (Lipinski definition) is 7. The summed E-state index contributed by atoms with van der Waals surface area (Å²) in [6.07, 6.45) is 5.69. The number of aromatic nitrogens is 5. The van der Waals surface area contributed by atoms with Gasteiger partial charge in [-0.15, -0.1) is 0 Å². The topological polar surface area (TPSA) is 93.7 Å². The van der Waals surface area contributed by atoms with Crippen LogP contribution in [0, 0.1) is 5.82 Å². The largest absolute Gasteiger partial charge is 0.472 e. The summed E-state index contributed by atoms with van der Waals surface area (Å²) in [4.78, 5) is 28.1. The number of fused-ring (bicyclic) bond motifs is 5. The second-order valence-electron chi connectivity index (χ2n) is 9.48. The molecule has 0 aliphatic heterocycles. The van der Waals surface area contributed by atoms with Gasteiger partial charge in [0.25, 0.3) is 0 Å². The number of H-pyrrole nitrogens is 1. The standard InChI is InChI=1S/C31H22FN5O2S/c1-3-18-21(32)10-9-17-13-22-20(14-34-37-22)24(23(17)18)27-25-19(11-12-33-27)26-28(29(25)38)35-31(40-2)36-30(26)39-15-16-7-5-4-6-8-16/h4-14H,3,15H2,1-2H3,(H,34,37). The molecule has 0 spiro atoms. The summed E-state index contributed by atoms with van der Waals surface area (Å²) >= 11 is 1.34. The first-order valence-corrected chi connectivity index (χ1v) is 14.1. The van der Waals surface area contributed by atoms with E-state index in [2.05, 4.69) is 20.2 Å². The minimum absolute atomic E-state index is 0.265. The number of pyridine rings is 1. The number of carbonyl (C=O) groups is 1. The lowest BCUT2D eigenvalue weighted by atomic mass is 9.90.